The first-order chi connectivity index (χ1) is 13.0. The highest BCUT2D eigenvalue weighted by molar-refractivity contribution is 14.0. The Morgan fingerprint density at radius 3 is 3.04 bits per heavy atom. The Kier molecular flexibility index (Phi) is 8.46. The van der Waals surface area contributed by atoms with Crippen molar-refractivity contribution in [2.24, 2.45) is 4.99 Å². The lowest BCUT2D eigenvalue weighted by atomic mass is 10.1. The third-order valence-corrected chi connectivity index (χ3v) is 4.28. The summed E-state index contributed by atoms with van der Waals surface area (Å²) in [7, 11) is 0. The molecule has 1 aromatic carbocycles. The largest absolute Gasteiger partial charge is 0.489 e. The molecule has 0 amide bonds. The third-order valence-electron chi connectivity index (χ3n) is 4.28. The number of fused-ring (bicyclic) bond motifs is 1. The van der Waals surface area contributed by atoms with Crippen LogP contribution in [0.5, 0.6) is 5.75 Å². The molecule has 2 heterocycles. The Morgan fingerprint density at radius 1 is 1.46 bits per heavy atom. The van der Waals surface area contributed by atoms with E-state index >= 15 is 0 Å². The van der Waals surface area contributed by atoms with Gasteiger partial charge in [0, 0.05) is 19.2 Å². The summed E-state index contributed by atoms with van der Waals surface area (Å²) in [5, 5.41) is 11.2. The number of rotatable bonds is 6. The van der Waals surface area contributed by atoms with Gasteiger partial charge in [0.2, 0.25) is 0 Å². The van der Waals surface area contributed by atoms with Crippen LogP contribution >= 0.6 is 24.0 Å². The lowest BCUT2D eigenvalue weighted by Gasteiger charge is -2.25. The Bertz CT molecular complexity index is 796. The third kappa shape index (κ3) is 6.05. The minimum absolute atomic E-state index is 0. The molecule has 2 N–H and O–H groups in total. The number of benzene rings is 1. The number of nitrogens with zero attached hydrogens (tertiary/aromatic N) is 4. The summed E-state index contributed by atoms with van der Waals surface area (Å²) in [5.41, 5.74) is 0. The van der Waals surface area contributed by atoms with E-state index in [0.29, 0.717) is 18.3 Å². The van der Waals surface area contributed by atoms with Crippen molar-refractivity contribution in [3.8, 4) is 5.75 Å². The number of aryl methyl sites for hydroxylation is 2. The fraction of sp³-hybridized carbons (Fsp3) is 0.526. The molecule has 154 valence electrons. The van der Waals surface area contributed by atoms with E-state index < -0.39 is 0 Å². The van der Waals surface area contributed by atoms with E-state index in [1.54, 1.807) is 12.1 Å². The topological polar surface area (TPSA) is 76.4 Å². The van der Waals surface area contributed by atoms with Gasteiger partial charge >= 0.3 is 0 Å². The van der Waals surface area contributed by atoms with Crippen LogP contribution in [0.1, 0.15) is 44.4 Å². The molecule has 2 unspecified atom stereocenters. The zero-order valence-electron chi connectivity index (χ0n) is 16.5. The monoisotopic (exact) mass is 502 g/mol. The van der Waals surface area contributed by atoms with Gasteiger partial charge in [-0.15, -0.1) is 24.0 Å². The standard InChI is InChI=1S/C19H27FN6O.HI/c1-4-21-19(22-12-13(2)27-16-8-5-7-15(20)11-16)24-17-9-6-10-26-18(17)23-14(3)25-26;/h5,7-8,11,13,17H,4,6,9-10,12H2,1-3H3,(H2,21,22,24);1H. The average Bonchev–Trinajstić information content (AvgIpc) is 3.01. The molecule has 28 heavy (non-hydrogen) atoms. The normalized spacial score (nSPS) is 17.3. The molecule has 9 heteroatoms. The van der Waals surface area contributed by atoms with Gasteiger partial charge < -0.3 is 15.4 Å². The van der Waals surface area contributed by atoms with Crippen LogP contribution < -0.4 is 15.4 Å². The highest BCUT2D eigenvalue weighted by atomic mass is 127. The molecule has 0 aliphatic carbocycles. The van der Waals surface area contributed by atoms with Gasteiger partial charge in [0.05, 0.1) is 12.6 Å². The van der Waals surface area contributed by atoms with Gasteiger partial charge in [0.15, 0.2) is 5.96 Å². The molecule has 0 spiro atoms. The lowest BCUT2D eigenvalue weighted by molar-refractivity contribution is 0.229. The van der Waals surface area contributed by atoms with Crippen LogP contribution in [0.2, 0.25) is 0 Å². The smallest absolute Gasteiger partial charge is 0.191 e. The quantitative estimate of drug-likeness (QED) is 0.361. The number of aliphatic imine (C=N–C) groups is 1. The summed E-state index contributed by atoms with van der Waals surface area (Å²) >= 11 is 0. The summed E-state index contributed by atoms with van der Waals surface area (Å²) in [6.45, 7) is 7.96. The van der Waals surface area contributed by atoms with Crippen LogP contribution in [0.4, 0.5) is 4.39 Å². The van der Waals surface area contributed by atoms with E-state index in [1.165, 1.54) is 12.1 Å². The first-order valence-electron chi connectivity index (χ1n) is 9.43. The van der Waals surface area contributed by atoms with Crippen LogP contribution in [-0.4, -0.2) is 39.9 Å². The first kappa shape index (κ1) is 22.4. The molecule has 2 aromatic rings. The Labute approximate surface area is 182 Å². The van der Waals surface area contributed by atoms with Crippen molar-refractivity contribution in [2.75, 3.05) is 13.1 Å². The molecule has 0 bridgehead atoms. The summed E-state index contributed by atoms with van der Waals surface area (Å²) in [6.07, 6.45) is 1.85. The van der Waals surface area contributed by atoms with Crippen molar-refractivity contribution < 1.29 is 9.13 Å². The summed E-state index contributed by atoms with van der Waals surface area (Å²) in [6, 6.07) is 6.23. The van der Waals surface area contributed by atoms with Crippen LogP contribution in [-0.2, 0) is 6.54 Å². The molecule has 3 rings (SSSR count). The van der Waals surface area contributed by atoms with Crippen molar-refractivity contribution in [2.45, 2.75) is 52.3 Å². The molecule has 0 fully saturated rings. The molecule has 1 aliphatic rings. The second-order valence-corrected chi connectivity index (χ2v) is 6.68. The lowest BCUT2D eigenvalue weighted by Crippen LogP contribution is -2.42. The van der Waals surface area contributed by atoms with Crippen LogP contribution in [0, 0.1) is 12.7 Å². The number of nitrogens with one attached hydrogen (secondary N) is 2. The molecule has 0 saturated carbocycles. The number of guanidine groups is 1. The maximum Gasteiger partial charge on any atom is 0.191 e. The van der Waals surface area contributed by atoms with Crippen molar-refractivity contribution in [3.63, 3.8) is 0 Å². The zero-order valence-corrected chi connectivity index (χ0v) is 18.8. The summed E-state index contributed by atoms with van der Waals surface area (Å²) in [4.78, 5) is 9.18. The average molecular weight is 502 g/mol. The van der Waals surface area contributed by atoms with Crippen molar-refractivity contribution in [1.82, 2.24) is 25.4 Å². The van der Waals surface area contributed by atoms with E-state index in [2.05, 4.69) is 25.7 Å². The molecule has 0 saturated heterocycles. The molecule has 0 radical (unpaired) electrons. The van der Waals surface area contributed by atoms with Crippen molar-refractivity contribution in [1.29, 1.82) is 0 Å². The van der Waals surface area contributed by atoms with Crippen LogP contribution in [0.15, 0.2) is 29.3 Å². The minimum atomic E-state index is -0.310. The summed E-state index contributed by atoms with van der Waals surface area (Å²) in [5.74, 6) is 2.65. The Balaban J connectivity index is 0.00000280. The maximum atomic E-state index is 13.3. The molecular formula is C19H28FIN6O. The molecular weight excluding hydrogens is 474 g/mol. The van der Waals surface area contributed by atoms with Gasteiger partial charge in [0.1, 0.15) is 29.3 Å². The van der Waals surface area contributed by atoms with E-state index in [4.69, 9.17) is 4.74 Å². The highest BCUT2D eigenvalue weighted by Crippen LogP contribution is 2.22. The minimum Gasteiger partial charge on any atom is -0.489 e. The van der Waals surface area contributed by atoms with E-state index in [0.717, 1.165) is 37.6 Å². The first-order valence-corrected chi connectivity index (χ1v) is 9.43. The maximum absolute atomic E-state index is 13.3. The van der Waals surface area contributed by atoms with Crippen LogP contribution in [0.25, 0.3) is 0 Å². The van der Waals surface area contributed by atoms with Gasteiger partial charge in [-0.1, -0.05) is 6.07 Å². The second kappa shape index (κ2) is 10.6. The Hall–Kier alpha value is -1.91. The number of ether oxygens (including phenoxy) is 1. The SMILES string of the molecule is CCNC(=NCC(C)Oc1cccc(F)c1)NC1CCCn2nc(C)nc21.I. The van der Waals surface area contributed by atoms with Gasteiger partial charge in [0.25, 0.3) is 0 Å². The van der Waals surface area contributed by atoms with Crippen molar-refractivity contribution in [3.05, 3.63) is 41.7 Å². The Morgan fingerprint density at radius 2 is 2.29 bits per heavy atom. The van der Waals surface area contributed by atoms with E-state index in [1.807, 2.05) is 25.5 Å². The number of aromatic nitrogens is 3. The molecule has 7 nitrogen and oxygen atoms in total. The second-order valence-electron chi connectivity index (χ2n) is 6.68. The van der Waals surface area contributed by atoms with Crippen molar-refractivity contribution >= 4 is 29.9 Å². The number of hydrogen-bond acceptors (Lipinski definition) is 4. The molecule has 1 aromatic heterocycles. The zero-order chi connectivity index (χ0) is 19.2. The molecule has 2 atom stereocenters. The van der Waals surface area contributed by atoms with Gasteiger partial charge in [-0.2, -0.15) is 5.10 Å². The van der Waals surface area contributed by atoms with E-state index in [9.17, 15) is 4.39 Å². The predicted octanol–water partition coefficient (Wildman–Crippen LogP) is 3.20. The fourth-order valence-corrected chi connectivity index (χ4v) is 3.12. The van der Waals surface area contributed by atoms with Crippen LogP contribution in [0.3, 0.4) is 0 Å². The molecule has 1 aliphatic heterocycles. The summed E-state index contributed by atoms with van der Waals surface area (Å²) < 4.78 is 21.0. The number of hydrogen-bond donors (Lipinski definition) is 2. The van der Waals surface area contributed by atoms with Gasteiger partial charge in [-0.25, -0.2) is 19.0 Å². The number of halogens is 2. The predicted molar refractivity (Wildman–Crippen MR) is 118 cm³/mol. The highest BCUT2D eigenvalue weighted by Gasteiger charge is 2.24. The fourth-order valence-electron chi connectivity index (χ4n) is 3.12. The van der Waals surface area contributed by atoms with Gasteiger partial charge in [-0.05, 0) is 45.7 Å². The van der Waals surface area contributed by atoms with Gasteiger partial charge in [-0.3, -0.25) is 0 Å². The van der Waals surface area contributed by atoms with E-state index in [-0.39, 0.29) is 41.9 Å².